The van der Waals surface area contributed by atoms with Crippen LogP contribution >= 0.6 is 11.3 Å². The van der Waals surface area contributed by atoms with Crippen LogP contribution in [0.4, 0.5) is 17.5 Å². The van der Waals surface area contributed by atoms with Gasteiger partial charge in [0, 0.05) is 17.6 Å². The summed E-state index contributed by atoms with van der Waals surface area (Å²) in [4.78, 5) is 23.9. The molecule has 0 saturated carbocycles. The van der Waals surface area contributed by atoms with Crippen molar-refractivity contribution in [2.24, 2.45) is 0 Å². The summed E-state index contributed by atoms with van der Waals surface area (Å²) in [6, 6.07) is 0. The first-order chi connectivity index (χ1) is 10.1. The molecule has 0 bridgehead atoms. The molecule has 0 saturated heterocycles. The number of rotatable bonds is 7. The Morgan fingerprint density at radius 1 is 1.33 bits per heavy atom. The second-order valence-electron chi connectivity index (χ2n) is 4.33. The van der Waals surface area contributed by atoms with E-state index in [1.165, 1.54) is 17.5 Å². The monoisotopic (exact) mass is 308 g/mol. The van der Waals surface area contributed by atoms with Gasteiger partial charge in [-0.25, -0.2) is 9.97 Å². The van der Waals surface area contributed by atoms with Gasteiger partial charge in [0.1, 0.15) is 11.2 Å². The number of nitro groups is 1. The van der Waals surface area contributed by atoms with Crippen LogP contribution in [0, 0.1) is 17.0 Å². The smallest absolute Gasteiger partial charge is 0.329 e. The van der Waals surface area contributed by atoms with Gasteiger partial charge in [0.25, 0.3) is 0 Å². The molecule has 0 aromatic carbocycles. The van der Waals surface area contributed by atoms with Crippen molar-refractivity contribution in [1.82, 2.24) is 15.0 Å². The highest BCUT2D eigenvalue weighted by Gasteiger charge is 2.17. The van der Waals surface area contributed by atoms with Crippen molar-refractivity contribution in [1.29, 1.82) is 0 Å². The molecule has 0 atom stereocenters. The Kier molecular flexibility index (Phi) is 4.99. The van der Waals surface area contributed by atoms with E-state index in [4.69, 9.17) is 0 Å². The summed E-state index contributed by atoms with van der Waals surface area (Å²) in [5, 5.41) is 17.8. The normalized spacial score (nSPS) is 10.4. The van der Waals surface area contributed by atoms with Crippen molar-refractivity contribution >= 4 is 28.8 Å². The van der Waals surface area contributed by atoms with Gasteiger partial charge in [0.2, 0.25) is 11.8 Å². The molecule has 2 heterocycles. The van der Waals surface area contributed by atoms with E-state index in [1.807, 2.05) is 13.8 Å². The van der Waals surface area contributed by atoms with E-state index >= 15 is 0 Å². The molecule has 0 radical (unpaired) electrons. The molecule has 0 fully saturated rings. The van der Waals surface area contributed by atoms with Gasteiger partial charge in [-0.15, -0.1) is 11.3 Å². The number of anilines is 2. The number of hydrogen-bond donors (Lipinski definition) is 2. The Balaban J connectivity index is 2.15. The third-order valence-corrected chi connectivity index (χ3v) is 3.49. The Hall–Kier alpha value is -2.29. The highest BCUT2D eigenvalue weighted by Crippen LogP contribution is 2.23. The largest absolute Gasteiger partial charge is 0.358 e. The van der Waals surface area contributed by atoms with E-state index in [9.17, 15) is 10.1 Å². The summed E-state index contributed by atoms with van der Waals surface area (Å²) in [6.45, 7) is 5.08. The molecule has 0 aliphatic heterocycles. The van der Waals surface area contributed by atoms with Crippen molar-refractivity contribution < 1.29 is 4.92 Å². The zero-order chi connectivity index (χ0) is 15.2. The minimum absolute atomic E-state index is 0.148. The van der Waals surface area contributed by atoms with Crippen LogP contribution in [-0.4, -0.2) is 26.4 Å². The minimum atomic E-state index is -0.501. The molecule has 2 aromatic heterocycles. The van der Waals surface area contributed by atoms with Gasteiger partial charge in [-0.1, -0.05) is 6.92 Å². The maximum Gasteiger partial charge on any atom is 0.329 e. The van der Waals surface area contributed by atoms with E-state index in [0.717, 1.165) is 16.3 Å². The fourth-order valence-electron chi connectivity index (χ4n) is 1.60. The van der Waals surface area contributed by atoms with E-state index in [0.29, 0.717) is 19.0 Å². The second kappa shape index (κ2) is 6.93. The summed E-state index contributed by atoms with van der Waals surface area (Å²) < 4.78 is 0. The topological polar surface area (TPSA) is 106 Å². The molecule has 112 valence electrons. The maximum absolute atomic E-state index is 11.0. The van der Waals surface area contributed by atoms with E-state index < -0.39 is 4.92 Å². The molecule has 8 nitrogen and oxygen atoms in total. The lowest BCUT2D eigenvalue weighted by atomic mass is 10.4. The molecule has 21 heavy (non-hydrogen) atoms. The van der Waals surface area contributed by atoms with Crippen LogP contribution in [0.2, 0.25) is 0 Å². The van der Waals surface area contributed by atoms with Gasteiger partial charge in [-0.3, -0.25) is 10.1 Å². The van der Waals surface area contributed by atoms with Crippen molar-refractivity contribution in [2.45, 2.75) is 26.8 Å². The average Bonchev–Trinajstić information content (AvgIpc) is 2.88. The lowest BCUT2D eigenvalue weighted by Gasteiger charge is -2.07. The molecule has 2 N–H and O–H groups in total. The van der Waals surface area contributed by atoms with Crippen LogP contribution in [0.5, 0.6) is 0 Å². The van der Waals surface area contributed by atoms with Crippen LogP contribution in [0.25, 0.3) is 0 Å². The predicted molar refractivity (Wildman–Crippen MR) is 81.6 cm³/mol. The molecule has 0 spiro atoms. The number of aryl methyl sites for hydroxylation is 1. The minimum Gasteiger partial charge on any atom is -0.358 e. The molecule has 0 aliphatic rings. The van der Waals surface area contributed by atoms with Crippen molar-refractivity contribution in [2.75, 3.05) is 17.2 Å². The van der Waals surface area contributed by atoms with Gasteiger partial charge in [0.05, 0.1) is 11.5 Å². The SMILES string of the molecule is CCCNc1ncc([N+](=O)[O-])c(NCc2ncc(C)s2)n1. The third kappa shape index (κ3) is 4.09. The number of nitrogens with zero attached hydrogens (tertiary/aromatic N) is 4. The fourth-order valence-corrected chi connectivity index (χ4v) is 2.33. The van der Waals surface area contributed by atoms with Crippen LogP contribution in [0.15, 0.2) is 12.4 Å². The Bertz CT molecular complexity index is 630. The molecule has 2 rings (SSSR count). The molecule has 2 aromatic rings. The number of thiazole rings is 1. The third-order valence-electron chi connectivity index (χ3n) is 2.58. The molecule has 0 amide bonds. The lowest BCUT2D eigenvalue weighted by Crippen LogP contribution is -2.09. The Morgan fingerprint density at radius 2 is 2.14 bits per heavy atom. The summed E-state index contributed by atoms with van der Waals surface area (Å²) in [6.07, 6.45) is 3.90. The van der Waals surface area contributed by atoms with E-state index in [1.54, 1.807) is 6.20 Å². The fraction of sp³-hybridized carbons (Fsp3) is 0.417. The van der Waals surface area contributed by atoms with E-state index in [-0.39, 0.29) is 11.5 Å². The second-order valence-corrected chi connectivity index (χ2v) is 5.65. The Morgan fingerprint density at radius 3 is 2.76 bits per heavy atom. The van der Waals surface area contributed by atoms with Gasteiger partial charge >= 0.3 is 5.69 Å². The average molecular weight is 308 g/mol. The molecule has 0 unspecified atom stereocenters. The molecule has 9 heteroatoms. The summed E-state index contributed by atoms with van der Waals surface area (Å²) >= 11 is 1.54. The predicted octanol–water partition coefficient (Wildman–Crippen LogP) is 2.58. The van der Waals surface area contributed by atoms with Crippen molar-refractivity contribution in [3.05, 3.63) is 32.4 Å². The Labute approximate surface area is 125 Å². The van der Waals surface area contributed by atoms with Gasteiger partial charge in [-0.05, 0) is 13.3 Å². The highest BCUT2D eigenvalue weighted by molar-refractivity contribution is 7.11. The first kappa shape index (κ1) is 15.1. The maximum atomic E-state index is 11.0. The summed E-state index contributed by atoms with van der Waals surface area (Å²) in [5.74, 6) is 0.571. The number of nitrogens with one attached hydrogen (secondary N) is 2. The van der Waals surface area contributed by atoms with Crippen LogP contribution in [0.1, 0.15) is 23.2 Å². The summed E-state index contributed by atoms with van der Waals surface area (Å²) in [7, 11) is 0. The van der Waals surface area contributed by atoms with Crippen LogP contribution in [0.3, 0.4) is 0 Å². The van der Waals surface area contributed by atoms with Crippen molar-refractivity contribution in [3.8, 4) is 0 Å². The molecular formula is C12H16N6O2S. The van der Waals surface area contributed by atoms with E-state index in [2.05, 4.69) is 25.6 Å². The van der Waals surface area contributed by atoms with Crippen molar-refractivity contribution in [3.63, 3.8) is 0 Å². The summed E-state index contributed by atoms with van der Waals surface area (Å²) in [5.41, 5.74) is -0.148. The van der Waals surface area contributed by atoms with Gasteiger partial charge in [-0.2, -0.15) is 4.98 Å². The van der Waals surface area contributed by atoms with Crippen LogP contribution < -0.4 is 10.6 Å². The first-order valence-electron chi connectivity index (χ1n) is 6.50. The molecular weight excluding hydrogens is 292 g/mol. The highest BCUT2D eigenvalue weighted by atomic mass is 32.1. The zero-order valence-corrected chi connectivity index (χ0v) is 12.6. The van der Waals surface area contributed by atoms with Gasteiger partial charge < -0.3 is 10.6 Å². The van der Waals surface area contributed by atoms with Crippen LogP contribution in [-0.2, 0) is 6.54 Å². The quantitative estimate of drug-likeness (QED) is 0.598. The first-order valence-corrected chi connectivity index (χ1v) is 7.32. The number of aromatic nitrogens is 3. The molecule has 0 aliphatic carbocycles. The van der Waals surface area contributed by atoms with Gasteiger partial charge in [0.15, 0.2) is 0 Å². The standard InChI is InChI=1S/C12H16N6O2S/c1-3-4-13-12-16-6-9(18(19)20)11(17-12)15-7-10-14-5-8(2)21-10/h5-6H,3-4,7H2,1-2H3,(H2,13,15,16,17). The lowest BCUT2D eigenvalue weighted by molar-refractivity contribution is -0.384. The zero-order valence-electron chi connectivity index (χ0n) is 11.8. The number of hydrogen-bond acceptors (Lipinski definition) is 8.